The Hall–Kier alpha value is -1.83. The summed E-state index contributed by atoms with van der Waals surface area (Å²) in [7, 11) is 6.52. The van der Waals surface area contributed by atoms with Crippen LogP contribution in [-0.2, 0) is 12.0 Å². The zero-order valence-corrected chi connectivity index (χ0v) is 25.1. The highest BCUT2D eigenvalue weighted by Crippen LogP contribution is 2.63. The smallest absolute Gasteiger partial charge is 0.204 e. The molecule has 2 aromatic carbocycles. The number of piperazine rings is 1. The maximum atomic E-state index is 6.34. The Kier molecular flexibility index (Phi) is 7.86. The number of nitrogens with one attached hydrogen (secondary N) is 1. The molecule has 210 valence electrons. The lowest BCUT2D eigenvalue weighted by atomic mass is 9.80. The first-order valence-corrected chi connectivity index (χ1v) is 15.3. The fourth-order valence-electron chi connectivity index (χ4n) is 7.12. The van der Waals surface area contributed by atoms with Crippen molar-refractivity contribution in [2.24, 2.45) is 5.92 Å². The van der Waals surface area contributed by atoms with E-state index in [0.717, 1.165) is 62.0 Å². The third kappa shape index (κ3) is 5.82. The fourth-order valence-corrected chi connectivity index (χ4v) is 7.44. The van der Waals surface area contributed by atoms with E-state index in [0.29, 0.717) is 21.5 Å². The molecule has 3 atom stereocenters. The molecule has 0 unspecified atom stereocenters. The van der Waals surface area contributed by atoms with Crippen LogP contribution in [0.15, 0.2) is 36.4 Å². The molecule has 3 fully saturated rings. The van der Waals surface area contributed by atoms with Crippen LogP contribution in [-0.4, -0.2) is 91.1 Å². The minimum absolute atomic E-state index is 0.374. The molecule has 0 bridgehead atoms. The SMILES string of the molecule is CN(C)Cc1cccc([C@]23CC[C@@H](N(CCCN4CCN(C)CC4)c4nc5cc(Cl)c(Cl)cc5[nH]4)C[C@H]2C3)c1. The number of hydrogen-bond donors (Lipinski definition) is 1. The highest BCUT2D eigenvalue weighted by atomic mass is 35.5. The molecule has 1 N–H and O–H groups in total. The lowest BCUT2D eigenvalue weighted by molar-refractivity contribution is 0.153. The minimum atomic E-state index is 0.374. The van der Waals surface area contributed by atoms with Crippen LogP contribution in [0.3, 0.4) is 0 Å². The van der Waals surface area contributed by atoms with Gasteiger partial charge in [-0.25, -0.2) is 4.98 Å². The van der Waals surface area contributed by atoms with Crippen molar-refractivity contribution in [3.05, 3.63) is 57.6 Å². The van der Waals surface area contributed by atoms with E-state index in [1.54, 1.807) is 5.56 Å². The van der Waals surface area contributed by atoms with Gasteiger partial charge in [0.2, 0.25) is 5.95 Å². The van der Waals surface area contributed by atoms with Gasteiger partial charge in [0, 0.05) is 45.3 Å². The van der Waals surface area contributed by atoms with Crippen molar-refractivity contribution in [2.75, 3.05) is 65.3 Å². The van der Waals surface area contributed by atoms with E-state index in [9.17, 15) is 0 Å². The summed E-state index contributed by atoms with van der Waals surface area (Å²) < 4.78 is 0. The molecular weight excluding hydrogens is 527 g/mol. The number of H-pyrrole nitrogens is 1. The van der Waals surface area contributed by atoms with Crippen LogP contribution in [0.5, 0.6) is 0 Å². The molecule has 3 aliphatic rings. The molecule has 0 spiro atoms. The van der Waals surface area contributed by atoms with Crippen molar-refractivity contribution >= 4 is 40.2 Å². The normalized spacial score (nSPS) is 25.8. The summed E-state index contributed by atoms with van der Waals surface area (Å²) in [6.07, 6.45) is 6.13. The van der Waals surface area contributed by atoms with Gasteiger partial charge in [0.15, 0.2) is 0 Å². The summed E-state index contributed by atoms with van der Waals surface area (Å²) in [5.41, 5.74) is 5.19. The van der Waals surface area contributed by atoms with Gasteiger partial charge in [-0.05, 0) is 94.4 Å². The standard InChI is InChI=1S/C31H42Cl2N6/c1-36(2)21-22-6-4-7-23(16-22)31-9-8-25(17-24(31)20-31)39(11-5-10-38-14-12-37(3)13-15-38)30-34-28-18-26(32)27(33)19-29(28)35-30/h4,6-7,16,18-19,24-25H,5,8-15,17,20-21H2,1-3H3,(H,34,35)/t24-,25+,31+/m0/s1. The van der Waals surface area contributed by atoms with Gasteiger partial charge in [-0.2, -0.15) is 0 Å². The number of hydrogen-bond acceptors (Lipinski definition) is 5. The highest BCUT2D eigenvalue weighted by Gasteiger charge is 2.58. The zero-order valence-electron chi connectivity index (χ0n) is 23.6. The Morgan fingerprint density at radius 2 is 1.87 bits per heavy atom. The van der Waals surface area contributed by atoms with E-state index in [4.69, 9.17) is 28.2 Å². The number of aromatic nitrogens is 2. The number of rotatable bonds is 9. The molecule has 3 aromatic rings. The lowest BCUT2D eigenvalue weighted by Gasteiger charge is -2.38. The van der Waals surface area contributed by atoms with Crippen molar-refractivity contribution in [2.45, 2.75) is 50.1 Å². The van der Waals surface area contributed by atoms with Gasteiger partial charge in [-0.15, -0.1) is 0 Å². The number of fused-ring (bicyclic) bond motifs is 2. The fraction of sp³-hybridized carbons (Fsp3) is 0.581. The molecule has 8 heteroatoms. The molecule has 2 heterocycles. The summed E-state index contributed by atoms with van der Waals surface area (Å²) >= 11 is 12.7. The van der Waals surface area contributed by atoms with Gasteiger partial charge < -0.3 is 24.6 Å². The maximum Gasteiger partial charge on any atom is 0.204 e. The van der Waals surface area contributed by atoms with Gasteiger partial charge in [0.1, 0.15) is 0 Å². The van der Waals surface area contributed by atoms with Crippen molar-refractivity contribution in [1.82, 2.24) is 24.7 Å². The van der Waals surface area contributed by atoms with Gasteiger partial charge >= 0.3 is 0 Å². The average molecular weight is 570 g/mol. The van der Waals surface area contributed by atoms with Crippen LogP contribution >= 0.6 is 23.2 Å². The third-order valence-electron chi connectivity index (χ3n) is 9.41. The maximum absolute atomic E-state index is 6.34. The number of aromatic amines is 1. The quantitative estimate of drug-likeness (QED) is 0.349. The molecule has 1 aliphatic heterocycles. The summed E-state index contributed by atoms with van der Waals surface area (Å²) in [6.45, 7) is 7.81. The van der Waals surface area contributed by atoms with Gasteiger partial charge in [0.05, 0.1) is 21.1 Å². The number of imidazole rings is 1. The van der Waals surface area contributed by atoms with Crippen molar-refractivity contribution in [3.8, 4) is 0 Å². The predicted octanol–water partition coefficient (Wildman–Crippen LogP) is 5.89. The van der Waals surface area contributed by atoms with E-state index in [1.807, 2.05) is 12.1 Å². The van der Waals surface area contributed by atoms with E-state index in [2.05, 4.69) is 70.0 Å². The second kappa shape index (κ2) is 11.2. The van der Waals surface area contributed by atoms with E-state index in [-0.39, 0.29) is 0 Å². The van der Waals surface area contributed by atoms with Crippen LogP contribution < -0.4 is 4.90 Å². The lowest BCUT2D eigenvalue weighted by Crippen LogP contribution is -2.46. The minimum Gasteiger partial charge on any atom is -0.339 e. The van der Waals surface area contributed by atoms with Crippen LogP contribution in [0.1, 0.15) is 43.2 Å². The Labute approximate surface area is 243 Å². The number of nitrogens with zero attached hydrogens (tertiary/aromatic N) is 5. The largest absolute Gasteiger partial charge is 0.339 e. The predicted molar refractivity (Wildman–Crippen MR) is 163 cm³/mol. The Bertz CT molecular complexity index is 1260. The van der Waals surface area contributed by atoms with Crippen molar-refractivity contribution in [1.29, 1.82) is 0 Å². The topological polar surface area (TPSA) is 41.6 Å². The van der Waals surface area contributed by atoms with E-state index < -0.39 is 0 Å². The molecule has 39 heavy (non-hydrogen) atoms. The monoisotopic (exact) mass is 568 g/mol. The van der Waals surface area contributed by atoms with Crippen LogP contribution in [0.25, 0.3) is 11.0 Å². The van der Waals surface area contributed by atoms with E-state index in [1.165, 1.54) is 44.3 Å². The molecule has 2 saturated carbocycles. The van der Waals surface area contributed by atoms with Crippen LogP contribution in [0.2, 0.25) is 10.0 Å². The van der Waals surface area contributed by atoms with Crippen molar-refractivity contribution in [3.63, 3.8) is 0 Å². The molecule has 6 nitrogen and oxygen atoms in total. The number of likely N-dealkylation sites (N-methyl/N-ethyl adjacent to an activating group) is 1. The van der Waals surface area contributed by atoms with Gasteiger partial charge in [-0.1, -0.05) is 47.5 Å². The molecule has 1 saturated heterocycles. The number of benzene rings is 2. The average Bonchev–Trinajstić information content (AvgIpc) is 3.53. The van der Waals surface area contributed by atoms with Crippen LogP contribution in [0, 0.1) is 5.92 Å². The molecule has 2 aliphatic carbocycles. The summed E-state index contributed by atoms with van der Waals surface area (Å²) in [4.78, 5) is 18.5. The van der Waals surface area contributed by atoms with Crippen LogP contribution in [0.4, 0.5) is 5.95 Å². The van der Waals surface area contributed by atoms with Crippen molar-refractivity contribution < 1.29 is 0 Å². The first-order valence-electron chi connectivity index (χ1n) is 14.6. The Morgan fingerprint density at radius 3 is 2.64 bits per heavy atom. The number of halogens is 2. The molecule has 1 aromatic heterocycles. The number of anilines is 1. The summed E-state index contributed by atoms with van der Waals surface area (Å²) in [5.74, 6) is 1.71. The second-order valence-corrected chi connectivity index (χ2v) is 13.3. The second-order valence-electron chi connectivity index (χ2n) is 12.5. The zero-order chi connectivity index (χ0) is 27.1. The summed E-state index contributed by atoms with van der Waals surface area (Å²) in [5, 5.41) is 1.12. The van der Waals surface area contributed by atoms with Gasteiger partial charge in [-0.3, -0.25) is 0 Å². The van der Waals surface area contributed by atoms with Gasteiger partial charge in [0.25, 0.3) is 0 Å². The molecule has 6 rings (SSSR count). The first kappa shape index (κ1) is 27.3. The molecule has 0 amide bonds. The molecule has 0 radical (unpaired) electrons. The Balaban J connectivity index is 1.19. The molecular formula is C31H42Cl2N6. The third-order valence-corrected chi connectivity index (χ3v) is 10.1. The first-order chi connectivity index (χ1) is 18.8. The van der Waals surface area contributed by atoms with E-state index >= 15 is 0 Å². The Morgan fingerprint density at radius 1 is 1.08 bits per heavy atom. The summed E-state index contributed by atoms with van der Waals surface area (Å²) in [6, 6.07) is 13.7. The highest BCUT2D eigenvalue weighted by molar-refractivity contribution is 6.42.